The maximum atomic E-state index is 12.3. The second kappa shape index (κ2) is 4.96. The van der Waals surface area contributed by atoms with Crippen LogP contribution in [0.3, 0.4) is 0 Å². The van der Waals surface area contributed by atoms with Crippen LogP contribution in [-0.2, 0) is 4.79 Å². The van der Waals surface area contributed by atoms with Crippen LogP contribution in [0, 0.1) is 0 Å². The highest BCUT2D eigenvalue weighted by atomic mass is 16.2. The van der Waals surface area contributed by atoms with E-state index in [4.69, 9.17) is 0 Å². The Morgan fingerprint density at radius 2 is 2.10 bits per heavy atom. The van der Waals surface area contributed by atoms with E-state index < -0.39 is 0 Å². The van der Waals surface area contributed by atoms with Crippen molar-refractivity contribution < 1.29 is 14.4 Å². The number of carbonyl (C=O) groups is 3. The second-order valence-corrected chi connectivity index (χ2v) is 5.57. The molecule has 0 aromatic heterocycles. The summed E-state index contributed by atoms with van der Waals surface area (Å²) in [5.74, 6) is -0.0738. The van der Waals surface area contributed by atoms with Crippen LogP contribution in [0.2, 0.25) is 0 Å². The number of likely N-dealkylation sites (tertiary alicyclic amines) is 1. The first-order chi connectivity index (χ1) is 9.63. The molecule has 5 amide bonds. The van der Waals surface area contributed by atoms with Crippen LogP contribution < -0.4 is 5.32 Å². The van der Waals surface area contributed by atoms with Gasteiger partial charge in [-0.05, 0) is 26.2 Å². The fourth-order valence-corrected chi connectivity index (χ4v) is 3.38. The summed E-state index contributed by atoms with van der Waals surface area (Å²) in [6.45, 7) is 4.17. The van der Waals surface area contributed by atoms with Crippen molar-refractivity contribution in [2.45, 2.75) is 38.3 Å². The van der Waals surface area contributed by atoms with Crippen molar-refractivity contribution in [2.24, 2.45) is 0 Å². The summed E-state index contributed by atoms with van der Waals surface area (Å²) >= 11 is 0. The smallest absolute Gasteiger partial charge is 0.327 e. The number of amides is 5. The van der Waals surface area contributed by atoms with Crippen LogP contribution in [0.15, 0.2) is 0 Å². The van der Waals surface area contributed by atoms with Crippen molar-refractivity contribution >= 4 is 18.0 Å². The van der Waals surface area contributed by atoms with Gasteiger partial charge < -0.3 is 15.1 Å². The predicted octanol–water partition coefficient (Wildman–Crippen LogP) is 0.217. The van der Waals surface area contributed by atoms with Gasteiger partial charge in [-0.2, -0.15) is 0 Å². The van der Waals surface area contributed by atoms with E-state index in [2.05, 4.69) is 5.32 Å². The number of hydrogen-bond donors (Lipinski definition) is 1. The lowest BCUT2D eigenvalue weighted by atomic mass is 10.2. The van der Waals surface area contributed by atoms with Gasteiger partial charge in [0.1, 0.15) is 6.04 Å². The topological polar surface area (TPSA) is 73.0 Å². The molecule has 1 N–H and O–H groups in total. The van der Waals surface area contributed by atoms with Gasteiger partial charge in [0.25, 0.3) is 5.91 Å². The largest absolute Gasteiger partial charge is 0.338 e. The summed E-state index contributed by atoms with van der Waals surface area (Å²) in [6, 6.07) is -0.695. The molecule has 0 aromatic rings. The van der Waals surface area contributed by atoms with E-state index in [0.717, 1.165) is 12.8 Å². The van der Waals surface area contributed by atoms with E-state index in [9.17, 15) is 14.4 Å². The van der Waals surface area contributed by atoms with E-state index in [1.807, 2.05) is 6.92 Å². The minimum absolute atomic E-state index is 0.0738. The lowest BCUT2D eigenvalue weighted by Gasteiger charge is -2.23. The minimum atomic E-state index is -0.249. The minimum Gasteiger partial charge on any atom is -0.338 e. The molecule has 0 spiro atoms. The van der Waals surface area contributed by atoms with Gasteiger partial charge in [-0.3, -0.25) is 9.69 Å². The van der Waals surface area contributed by atoms with E-state index in [0.29, 0.717) is 32.6 Å². The van der Waals surface area contributed by atoms with Gasteiger partial charge in [-0.15, -0.1) is 0 Å². The van der Waals surface area contributed by atoms with Crippen molar-refractivity contribution in [3.05, 3.63) is 0 Å². The molecule has 0 aromatic carbocycles. The van der Waals surface area contributed by atoms with Crippen molar-refractivity contribution in [2.75, 3.05) is 26.2 Å². The molecule has 3 aliphatic heterocycles. The summed E-state index contributed by atoms with van der Waals surface area (Å²) in [6.07, 6.45) is 2.36. The van der Waals surface area contributed by atoms with Gasteiger partial charge in [0, 0.05) is 26.2 Å². The molecule has 2 atom stereocenters. The normalized spacial score (nSPS) is 29.4. The summed E-state index contributed by atoms with van der Waals surface area (Å²) in [7, 11) is 0. The Kier molecular flexibility index (Phi) is 3.27. The molecule has 3 fully saturated rings. The Balaban J connectivity index is 1.68. The number of nitrogens with zero attached hydrogens (tertiary/aromatic N) is 3. The van der Waals surface area contributed by atoms with Gasteiger partial charge in [-0.25, -0.2) is 9.59 Å². The van der Waals surface area contributed by atoms with E-state index in [1.165, 1.54) is 4.90 Å². The quantitative estimate of drug-likeness (QED) is 0.735. The molecule has 3 aliphatic rings. The highest BCUT2D eigenvalue weighted by Gasteiger charge is 2.51. The highest BCUT2D eigenvalue weighted by molar-refractivity contribution is 6.05. The van der Waals surface area contributed by atoms with Crippen LogP contribution in [0.4, 0.5) is 9.59 Å². The van der Waals surface area contributed by atoms with Gasteiger partial charge >= 0.3 is 12.1 Å². The molecular weight excluding hydrogens is 260 g/mol. The molecule has 0 saturated carbocycles. The molecule has 7 nitrogen and oxygen atoms in total. The fraction of sp³-hybridized carbons (Fsp3) is 0.769. The molecule has 3 rings (SSSR count). The maximum absolute atomic E-state index is 12.3. The number of carbonyl (C=O) groups excluding carboxylic acids is 3. The Hall–Kier alpha value is -1.79. The van der Waals surface area contributed by atoms with Gasteiger partial charge in [0.05, 0.1) is 6.04 Å². The molecule has 3 saturated heterocycles. The third-order valence-electron chi connectivity index (χ3n) is 4.37. The van der Waals surface area contributed by atoms with E-state index >= 15 is 0 Å². The van der Waals surface area contributed by atoms with Crippen molar-refractivity contribution in [1.29, 1.82) is 0 Å². The van der Waals surface area contributed by atoms with E-state index in [-0.39, 0.29) is 30.1 Å². The lowest BCUT2D eigenvalue weighted by Crippen LogP contribution is -2.45. The van der Waals surface area contributed by atoms with Gasteiger partial charge in [0.15, 0.2) is 0 Å². The van der Waals surface area contributed by atoms with Crippen LogP contribution in [-0.4, -0.2) is 70.9 Å². The molecule has 0 aliphatic carbocycles. The molecule has 3 heterocycles. The monoisotopic (exact) mass is 280 g/mol. The zero-order valence-electron chi connectivity index (χ0n) is 11.7. The standard InChI is InChI=1S/C13H20N4O3/c1-2-14-12(19)15-7-5-9(8-15)17-11(18)10-4-3-6-16(10)13(17)20/h9-10H,2-8H2,1H3,(H,14,19)/t9-,10+/m0/s1. The first-order valence-electron chi connectivity index (χ1n) is 7.30. The first-order valence-corrected chi connectivity index (χ1v) is 7.30. The summed E-state index contributed by atoms with van der Waals surface area (Å²) < 4.78 is 0. The summed E-state index contributed by atoms with van der Waals surface area (Å²) in [5.41, 5.74) is 0. The van der Waals surface area contributed by atoms with Crippen molar-refractivity contribution in [3.63, 3.8) is 0 Å². The van der Waals surface area contributed by atoms with Crippen LogP contribution in [0.25, 0.3) is 0 Å². The number of rotatable bonds is 2. The SMILES string of the molecule is CCNC(=O)N1CC[C@H](N2C(=O)[C@H]3CCCN3C2=O)C1. The molecule has 110 valence electrons. The summed E-state index contributed by atoms with van der Waals surface area (Å²) in [5, 5.41) is 2.75. The molecule has 0 radical (unpaired) electrons. The predicted molar refractivity (Wildman–Crippen MR) is 71.0 cm³/mol. The number of nitrogens with one attached hydrogen (secondary N) is 1. The Labute approximate surface area is 117 Å². The highest BCUT2D eigenvalue weighted by Crippen LogP contribution is 2.31. The first kappa shape index (κ1) is 13.2. The number of fused-ring (bicyclic) bond motifs is 1. The average molecular weight is 280 g/mol. The zero-order valence-corrected chi connectivity index (χ0v) is 11.7. The fourth-order valence-electron chi connectivity index (χ4n) is 3.38. The Bertz CT molecular complexity index is 431. The Morgan fingerprint density at radius 1 is 1.30 bits per heavy atom. The van der Waals surface area contributed by atoms with Crippen molar-refractivity contribution in [3.8, 4) is 0 Å². The number of urea groups is 2. The molecular formula is C13H20N4O3. The molecule has 0 bridgehead atoms. The zero-order chi connectivity index (χ0) is 14.3. The number of hydrogen-bond acceptors (Lipinski definition) is 3. The Morgan fingerprint density at radius 3 is 2.80 bits per heavy atom. The van der Waals surface area contributed by atoms with E-state index in [1.54, 1.807) is 9.80 Å². The molecule has 7 heteroatoms. The molecule has 0 unspecified atom stereocenters. The number of imide groups is 1. The van der Waals surface area contributed by atoms with Crippen LogP contribution in [0.1, 0.15) is 26.2 Å². The summed E-state index contributed by atoms with van der Waals surface area (Å²) in [4.78, 5) is 41.2. The maximum Gasteiger partial charge on any atom is 0.327 e. The van der Waals surface area contributed by atoms with Gasteiger partial charge in [-0.1, -0.05) is 0 Å². The van der Waals surface area contributed by atoms with Crippen LogP contribution in [0.5, 0.6) is 0 Å². The lowest BCUT2D eigenvalue weighted by molar-refractivity contribution is -0.129. The third kappa shape index (κ3) is 1.92. The third-order valence-corrected chi connectivity index (χ3v) is 4.37. The second-order valence-electron chi connectivity index (χ2n) is 5.57. The van der Waals surface area contributed by atoms with Gasteiger partial charge in [0.2, 0.25) is 0 Å². The molecule has 20 heavy (non-hydrogen) atoms. The van der Waals surface area contributed by atoms with Crippen molar-refractivity contribution in [1.82, 2.24) is 20.0 Å². The van der Waals surface area contributed by atoms with Crippen LogP contribution >= 0.6 is 0 Å². The average Bonchev–Trinajstić information content (AvgIpc) is 3.11.